The van der Waals surface area contributed by atoms with Gasteiger partial charge in [0, 0.05) is 12.1 Å². The van der Waals surface area contributed by atoms with Crippen LogP contribution < -0.4 is 10.1 Å². The van der Waals surface area contributed by atoms with Crippen molar-refractivity contribution in [3.05, 3.63) is 86.9 Å². The number of hydrogen-bond acceptors (Lipinski definition) is 5. The van der Waals surface area contributed by atoms with Crippen molar-refractivity contribution < 1.29 is 36.4 Å². The van der Waals surface area contributed by atoms with E-state index in [4.69, 9.17) is 9.15 Å². The molecule has 3 aromatic rings. The lowest BCUT2D eigenvalue weighted by Gasteiger charge is -2.08. The number of hydrogen-bond donors (Lipinski definition) is 1. The fourth-order valence-corrected chi connectivity index (χ4v) is 2.48. The molecule has 0 unspecified atom stereocenters. The molecule has 1 heterocycles. The van der Waals surface area contributed by atoms with Gasteiger partial charge in [-0.1, -0.05) is 6.07 Å². The van der Waals surface area contributed by atoms with E-state index in [9.17, 15) is 32.5 Å². The maximum atomic E-state index is 13.6. The Morgan fingerprint density at radius 2 is 1.77 bits per heavy atom. The van der Waals surface area contributed by atoms with Crippen LogP contribution in [0, 0.1) is 40.3 Å². The predicted molar refractivity (Wildman–Crippen MR) is 95.1 cm³/mol. The Morgan fingerprint density at radius 3 is 2.40 bits per heavy atom. The lowest BCUT2D eigenvalue weighted by atomic mass is 10.2. The Labute approximate surface area is 166 Å². The van der Waals surface area contributed by atoms with Gasteiger partial charge in [0.05, 0.1) is 4.92 Å². The number of furan rings is 1. The van der Waals surface area contributed by atoms with E-state index in [0.29, 0.717) is 5.56 Å². The van der Waals surface area contributed by atoms with Gasteiger partial charge >= 0.3 is 0 Å². The number of benzene rings is 2. The Hall–Kier alpha value is -3.89. The van der Waals surface area contributed by atoms with Gasteiger partial charge in [-0.05, 0) is 30.7 Å². The summed E-state index contributed by atoms with van der Waals surface area (Å²) in [6.45, 7) is 1.00. The first kappa shape index (κ1) is 20.8. The van der Waals surface area contributed by atoms with E-state index in [1.165, 1.54) is 24.3 Å². The second-order valence-electron chi connectivity index (χ2n) is 6.08. The molecule has 30 heavy (non-hydrogen) atoms. The highest BCUT2D eigenvalue weighted by atomic mass is 19.2. The molecular weight excluding hydrogens is 412 g/mol. The molecule has 0 radical (unpaired) electrons. The SMILES string of the molecule is Cc1ccc(NC(=O)c2ccc(COc3c(F)c(F)cc(F)c3F)o2)c([N+](=O)[O-])c1. The highest BCUT2D eigenvalue weighted by Gasteiger charge is 2.22. The Morgan fingerprint density at radius 1 is 1.10 bits per heavy atom. The van der Waals surface area contributed by atoms with E-state index in [-0.39, 0.29) is 29.0 Å². The van der Waals surface area contributed by atoms with Gasteiger partial charge in [-0.25, -0.2) is 8.78 Å². The number of amides is 1. The molecule has 0 saturated carbocycles. The van der Waals surface area contributed by atoms with Crippen molar-refractivity contribution in [2.24, 2.45) is 0 Å². The van der Waals surface area contributed by atoms with Crippen molar-refractivity contribution in [1.82, 2.24) is 0 Å². The van der Waals surface area contributed by atoms with E-state index in [2.05, 4.69) is 5.32 Å². The molecule has 0 aliphatic rings. The van der Waals surface area contributed by atoms with Crippen LogP contribution in [0.3, 0.4) is 0 Å². The average molecular weight is 424 g/mol. The third kappa shape index (κ3) is 4.24. The van der Waals surface area contributed by atoms with E-state index in [0.717, 1.165) is 0 Å². The maximum absolute atomic E-state index is 13.6. The monoisotopic (exact) mass is 424 g/mol. The lowest BCUT2D eigenvalue weighted by Crippen LogP contribution is -2.12. The summed E-state index contributed by atoms with van der Waals surface area (Å²) >= 11 is 0. The molecule has 1 amide bonds. The maximum Gasteiger partial charge on any atom is 0.293 e. The fourth-order valence-electron chi connectivity index (χ4n) is 2.48. The third-order valence-electron chi connectivity index (χ3n) is 3.91. The number of carbonyl (C=O) groups is 1. The topological polar surface area (TPSA) is 94.6 Å². The molecule has 0 aliphatic heterocycles. The molecule has 7 nitrogen and oxygen atoms in total. The summed E-state index contributed by atoms with van der Waals surface area (Å²) in [4.78, 5) is 22.7. The molecule has 0 bridgehead atoms. The standard InChI is InChI=1S/C19H12F4N2O5/c1-9-2-4-13(14(6-9)25(27)28)24-19(26)15-5-3-10(30-15)8-29-18-16(22)11(20)7-12(21)17(18)23/h2-7H,8H2,1H3,(H,24,26). The van der Waals surface area contributed by atoms with Gasteiger partial charge < -0.3 is 14.5 Å². The van der Waals surface area contributed by atoms with Crippen LogP contribution in [0.2, 0.25) is 0 Å². The van der Waals surface area contributed by atoms with Crippen molar-refractivity contribution in [3.63, 3.8) is 0 Å². The number of nitrogens with one attached hydrogen (secondary N) is 1. The molecule has 2 aromatic carbocycles. The van der Waals surface area contributed by atoms with Gasteiger partial charge in [-0.3, -0.25) is 14.9 Å². The van der Waals surface area contributed by atoms with Crippen LogP contribution in [0.4, 0.5) is 28.9 Å². The molecule has 0 spiro atoms. The Kier molecular flexibility index (Phi) is 5.72. The van der Waals surface area contributed by atoms with Crippen LogP contribution >= 0.6 is 0 Å². The molecule has 11 heteroatoms. The molecule has 1 aromatic heterocycles. The van der Waals surface area contributed by atoms with E-state index in [1.807, 2.05) is 0 Å². The second-order valence-corrected chi connectivity index (χ2v) is 6.08. The minimum atomic E-state index is -1.72. The number of halogens is 4. The molecule has 156 valence electrons. The van der Waals surface area contributed by atoms with Crippen LogP contribution in [0.5, 0.6) is 5.75 Å². The molecule has 1 N–H and O–H groups in total. The molecule has 0 saturated heterocycles. The fraction of sp³-hybridized carbons (Fsp3) is 0.105. The van der Waals surface area contributed by atoms with Gasteiger partial charge in [0.1, 0.15) is 18.1 Å². The lowest BCUT2D eigenvalue weighted by molar-refractivity contribution is -0.384. The van der Waals surface area contributed by atoms with Crippen molar-refractivity contribution in [1.29, 1.82) is 0 Å². The summed E-state index contributed by atoms with van der Waals surface area (Å²) < 4.78 is 63.5. The first-order valence-electron chi connectivity index (χ1n) is 8.28. The summed E-state index contributed by atoms with van der Waals surface area (Å²) in [5.41, 5.74) is 0.229. The van der Waals surface area contributed by atoms with Crippen LogP contribution in [-0.2, 0) is 6.61 Å². The van der Waals surface area contributed by atoms with Crippen molar-refractivity contribution in [3.8, 4) is 5.75 Å². The van der Waals surface area contributed by atoms with Gasteiger partial charge in [-0.2, -0.15) is 8.78 Å². The smallest absolute Gasteiger partial charge is 0.293 e. The van der Waals surface area contributed by atoms with Crippen LogP contribution in [-0.4, -0.2) is 10.8 Å². The second kappa shape index (κ2) is 8.23. The van der Waals surface area contributed by atoms with Crippen molar-refractivity contribution in [2.45, 2.75) is 13.5 Å². The summed E-state index contributed by atoms with van der Waals surface area (Å²) in [5.74, 6) is -9.19. The number of aryl methyl sites for hydroxylation is 1. The number of rotatable bonds is 6. The number of anilines is 1. The Balaban J connectivity index is 1.73. The van der Waals surface area contributed by atoms with Crippen LogP contribution in [0.1, 0.15) is 21.9 Å². The number of carbonyl (C=O) groups excluding carboxylic acids is 1. The molecule has 0 aliphatic carbocycles. The molecular formula is C19H12F4N2O5. The summed E-state index contributed by atoms with van der Waals surface area (Å²) in [6, 6.07) is 6.64. The Bertz CT molecular complexity index is 1120. The van der Waals surface area contributed by atoms with Crippen LogP contribution in [0.15, 0.2) is 40.8 Å². The van der Waals surface area contributed by atoms with Crippen LogP contribution in [0.25, 0.3) is 0 Å². The molecule has 0 atom stereocenters. The third-order valence-corrected chi connectivity index (χ3v) is 3.91. The summed E-state index contributed by atoms with van der Waals surface area (Å²) in [5, 5.41) is 13.4. The van der Waals surface area contributed by atoms with Gasteiger partial charge in [0.2, 0.25) is 11.6 Å². The summed E-state index contributed by atoms with van der Waals surface area (Å²) in [6.07, 6.45) is 0. The number of nitrogens with zero attached hydrogens (tertiary/aromatic N) is 1. The van der Waals surface area contributed by atoms with Gasteiger partial charge in [0.15, 0.2) is 23.1 Å². The highest BCUT2D eigenvalue weighted by Crippen LogP contribution is 2.28. The number of ether oxygens (including phenoxy) is 1. The predicted octanol–water partition coefficient (Wildman–Crippen LogP) is 4.88. The van der Waals surface area contributed by atoms with Gasteiger partial charge in [0.25, 0.3) is 11.6 Å². The first-order chi connectivity index (χ1) is 14.2. The molecule has 3 rings (SSSR count). The van der Waals surface area contributed by atoms with E-state index < -0.39 is 46.5 Å². The van der Waals surface area contributed by atoms with Gasteiger partial charge in [-0.15, -0.1) is 0 Å². The van der Waals surface area contributed by atoms with E-state index in [1.54, 1.807) is 13.0 Å². The zero-order valence-corrected chi connectivity index (χ0v) is 15.2. The highest BCUT2D eigenvalue weighted by molar-refractivity contribution is 6.03. The zero-order valence-electron chi connectivity index (χ0n) is 15.2. The average Bonchev–Trinajstić information content (AvgIpc) is 3.17. The number of nitro benzene ring substituents is 1. The van der Waals surface area contributed by atoms with E-state index >= 15 is 0 Å². The largest absolute Gasteiger partial charge is 0.479 e. The first-order valence-corrected chi connectivity index (χ1v) is 8.28. The zero-order chi connectivity index (χ0) is 22.0. The van der Waals surface area contributed by atoms with Crippen molar-refractivity contribution in [2.75, 3.05) is 5.32 Å². The minimum absolute atomic E-state index is 0.0388. The minimum Gasteiger partial charge on any atom is -0.479 e. The quantitative estimate of drug-likeness (QED) is 0.263. The van der Waals surface area contributed by atoms with Crippen molar-refractivity contribution >= 4 is 17.3 Å². The normalized spacial score (nSPS) is 10.7. The number of nitro groups is 1. The molecule has 0 fully saturated rings. The summed E-state index contributed by atoms with van der Waals surface area (Å²) in [7, 11) is 0.